The SMILES string of the molecule is CN(C)c1ccc2c(c1)[Si](C)(C)c1cc(N(C)C)ccc1C21OC(=O)c2ccc(C(=O)NCCOCCOCCOCCNC(=O)OCC3[C@H]4CCC#CCC[C@@H]34)cc21. The number of carbonyl (C=O) groups excluding carboxylic acids is 3. The molecule has 314 valence electrons. The van der Waals surface area contributed by atoms with Gasteiger partial charge in [-0.1, -0.05) is 25.2 Å². The molecule has 7 rings (SSSR count). The van der Waals surface area contributed by atoms with Crippen LogP contribution in [0.3, 0.4) is 0 Å². The number of carbonyl (C=O) groups is 3. The van der Waals surface area contributed by atoms with E-state index in [2.05, 4.69) is 81.8 Å². The van der Waals surface area contributed by atoms with Crippen LogP contribution < -0.4 is 30.8 Å². The number of hydrogen-bond acceptors (Lipinski definition) is 10. The normalized spacial score (nSPS) is 20.0. The second-order valence-electron chi connectivity index (χ2n) is 16.7. The Kier molecular flexibility index (Phi) is 13.0. The largest absolute Gasteiger partial charge is 0.449 e. The van der Waals surface area contributed by atoms with E-state index in [1.54, 1.807) is 12.1 Å². The standard InChI is InChI=1S/C46H58N4O8Si/c1-49(2)32-14-17-38-41(28-32)59(5,6)42-29-33(50(3)4)15-18-39(42)46(38)40-27-31(13-16-36(40)44(52)58-46)43(51)47-19-21-54-23-25-56-26-24-55-22-20-48-45(53)57-30-37-34-11-9-7-8-10-12-35(34)37/h13-18,27-29,34-35,37H,9-12,19-26,30H2,1-6H3,(H,47,51)(H,48,53)/t34-,35+,37?. The molecule has 0 saturated heterocycles. The fourth-order valence-electron chi connectivity index (χ4n) is 8.97. The van der Waals surface area contributed by atoms with E-state index >= 15 is 0 Å². The van der Waals surface area contributed by atoms with Crippen molar-refractivity contribution in [2.45, 2.75) is 44.4 Å². The average Bonchev–Trinajstić information content (AvgIpc) is 3.77. The van der Waals surface area contributed by atoms with E-state index in [0.717, 1.165) is 48.2 Å². The highest BCUT2D eigenvalue weighted by Gasteiger charge is 2.56. The first-order chi connectivity index (χ1) is 28.4. The number of esters is 1. The highest BCUT2D eigenvalue weighted by Crippen LogP contribution is 2.52. The Labute approximate surface area is 349 Å². The number of nitrogens with zero attached hydrogens (tertiary/aromatic N) is 2. The van der Waals surface area contributed by atoms with Gasteiger partial charge < -0.3 is 44.1 Å². The van der Waals surface area contributed by atoms with Crippen molar-refractivity contribution in [3.63, 3.8) is 0 Å². The lowest BCUT2D eigenvalue weighted by atomic mass is 9.78. The minimum absolute atomic E-state index is 0.263. The summed E-state index contributed by atoms with van der Waals surface area (Å²) >= 11 is 0. The molecule has 4 aliphatic rings. The molecular weight excluding hydrogens is 765 g/mol. The Balaban J connectivity index is 0.856. The molecule has 2 amide bonds. The number of anilines is 2. The van der Waals surface area contributed by atoms with Gasteiger partial charge >= 0.3 is 12.1 Å². The summed E-state index contributed by atoms with van der Waals surface area (Å²) in [6, 6.07) is 18.0. The minimum Gasteiger partial charge on any atom is -0.449 e. The molecule has 1 fully saturated rings. The predicted molar refractivity (Wildman–Crippen MR) is 231 cm³/mol. The van der Waals surface area contributed by atoms with Gasteiger partial charge in [0.2, 0.25) is 0 Å². The van der Waals surface area contributed by atoms with Crippen LogP contribution in [-0.2, 0) is 29.3 Å². The maximum Gasteiger partial charge on any atom is 0.407 e. The second kappa shape index (κ2) is 18.2. The minimum atomic E-state index is -2.29. The molecule has 3 atom stereocenters. The number of ether oxygens (including phenoxy) is 5. The second-order valence-corrected chi connectivity index (χ2v) is 21.1. The van der Waals surface area contributed by atoms with Crippen molar-refractivity contribution in [2.24, 2.45) is 17.8 Å². The zero-order valence-electron chi connectivity index (χ0n) is 35.3. The smallest absolute Gasteiger partial charge is 0.407 e. The molecule has 13 heteroatoms. The molecule has 0 radical (unpaired) electrons. The Morgan fingerprint density at radius 3 is 1.85 bits per heavy atom. The van der Waals surface area contributed by atoms with Crippen LogP contribution in [0.25, 0.3) is 0 Å². The third-order valence-corrected chi connectivity index (χ3v) is 15.8. The van der Waals surface area contributed by atoms with Gasteiger partial charge in [-0.15, -0.1) is 11.8 Å². The van der Waals surface area contributed by atoms with Crippen molar-refractivity contribution in [3.05, 3.63) is 82.4 Å². The first kappa shape index (κ1) is 42.3. The van der Waals surface area contributed by atoms with Gasteiger partial charge in [0.25, 0.3) is 5.91 Å². The number of fused-ring (bicyclic) bond motifs is 7. The summed E-state index contributed by atoms with van der Waals surface area (Å²) in [4.78, 5) is 43.4. The van der Waals surface area contributed by atoms with E-state index in [1.165, 1.54) is 10.4 Å². The molecule has 1 spiro atoms. The van der Waals surface area contributed by atoms with Gasteiger partial charge in [-0.05, 0) is 83.4 Å². The van der Waals surface area contributed by atoms with Crippen LogP contribution in [0.5, 0.6) is 0 Å². The number of amides is 2. The summed E-state index contributed by atoms with van der Waals surface area (Å²) in [7, 11) is 5.83. The molecule has 2 heterocycles. The lowest BCUT2D eigenvalue weighted by Gasteiger charge is -2.44. The van der Waals surface area contributed by atoms with Gasteiger partial charge in [0.15, 0.2) is 5.60 Å². The van der Waals surface area contributed by atoms with Gasteiger partial charge in [-0.3, -0.25) is 4.79 Å². The summed E-state index contributed by atoms with van der Waals surface area (Å²) in [5.41, 5.74) is 4.45. The van der Waals surface area contributed by atoms with Crippen LogP contribution in [0.1, 0.15) is 63.1 Å². The quantitative estimate of drug-likeness (QED) is 0.0878. The maximum absolute atomic E-state index is 13.7. The van der Waals surface area contributed by atoms with Crippen LogP contribution in [0.4, 0.5) is 16.2 Å². The lowest BCUT2D eigenvalue weighted by molar-refractivity contribution is 0.0156. The van der Waals surface area contributed by atoms with Gasteiger partial charge in [-0.25, -0.2) is 9.59 Å². The molecule has 12 nitrogen and oxygen atoms in total. The van der Waals surface area contributed by atoms with Crippen molar-refractivity contribution in [1.29, 1.82) is 0 Å². The third kappa shape index (κ3) is 8.87. The molecule has 1 saturated carbocycles. The Hall–Kier alpha value is -4.87. The predicted octanol–water partition coefficient (Wildman–Crippen LogP) is 4.36. The molecule has 2 N–H and O–H groups in total. The fourth-order valence-corrected chi connectivity index (χ4v) is 12.1. The molecule has 0 bridgehead atoms. The molecular formula is C46H58N4O8Si. The summed E-state index contributed by atoms with van der Waals surface area (Å²) < 4.78 is 28.8. The van der Waals surface area contributed by atoms with Crippen LogP contribution in [0.15, 0.2) is 54.6 Å². The van der Waals surface area contributed by atoms with E-state index in [4.69, 9.17) is 23.7 Å². The summed E-state index contributed by atoms with van der Waals surface area (Å²) in [6.45, 7) is 8.05. The monoisotopic (exact) mass is 822 g/mol. The molecule has 3 aromatic rings. The van der Waals surface area contributed by atoms with Crippen LogP contribution in [0, 0.1) is 29.6 Å². The van der Waals surface area contributed by atoms with Gasteiger partial charge in [0.1, 0.15) is 8.07 Å². The van der Waals surface area contributed by atoms with E-state index in [-0.39, 0.29) is 5.91 Å². The zero-order chi connectivity index (χ0) is 41.7. The van der Waals surface area contributed by atoms with Gasteiger partial charge in [-0.2, -0.15) is 0 Å². The zero-order valence-corrected chi connectivity index (χ0v) is 36.3. The fraction of sp³-hybridized carbons (Fsp3) is 0.500. The van der Waals surface area contributed by atoms with E-state index in [0.29, 0.717) is 93.8 Å². The average molecular weight is 823 g/mol. The van der Waals surface area contributed by atoms with Crippen molar-refractivity contribution in [3.8, 4) is 11.8 Å². The summed E-state index contributed by atoms with van der Waals surface area (Å²) in [6.07, 6.45) is 3.71. The molecule has 2 aliphatic heterocycles. The molecule has 1 unspecified atom stereocenters. The number of alkyl carbamates (subject to hydrolysis) is 1. The van der Waals surface area contributed by atoms with Crippen LogP contribution in [0.2, 0.25) is 13.1 Å². The van der Waals surface area contributed by atoms with Gasteiger partial charge in [0, 0.05) is 87.8 Å². The van der Waals surface area contributed by atoms with E-state index in [1.807, 2.05) is 34.3 Å². The van der Waals surface area contributed by atoms with E-state index in [9.17, 15) is 14.4 Å². The lowest BCUT2D eigenvalue weighted by Crippen LogP contribution is -2.63. The van der Waals surface area contributed by atoms with Crippen LogP contribution >= 0.6 is 0 Å². The summed E-state index contributed by atoms with van der Waals surface area (Å²) in [5.74, 6) is 7.51. The molecule has 0 aromatic heterocycles. The molecule has 3 aromatic carbocycles. The van der Waals surface area contributed by atoms with Crippen molar-refractivity contribution in [1.82, 2.24) is 10.6 Å². The Morgan fingerprint density at radius 2 is 1.29 bits per heavy atom. The van der Waals surface area contributed by atoms with Crippen LogP contribution in [-0.4, -0.2) is 114 Å². The summed E-state index contributed by atoms with van der Waals surface area (Å²) in [5, 5.41) is 8.10. The number of rotatable bonds is 17. The third-order valence-electron chi connectivity index (χ3n) is 12.3. The number of benzene rings is 3. The molecule has 2 aliphatic carbocycles. The highest BCUT2D eigenvalue weighted by atomic mass is 28.3. The van der Waals surface area contributed by atoms with Crippen molar-refractivity contribution < 1.29 is 38.1 Å². The first-order valence-corrected chi connectivity index (χ1v) is 23.8. The Morgan fingerprint density at radius 1 is 0.746 bits per heavy atom. The van der Waals surface area contributed by atoms with Gasteiger partial charge in [0.05, 0.1) is 51.8 Å². The Bertz CT molecular complexity index is 2030. The number of nitrogens with one attached hydrogen (secondary N) is 2. The van der Waals surface area contributed by atoms with Crippen molar-refractivity contribution >= 4 is 47.8 Å². The topological polar surface area (TPSA) is 128 Å². The van der Waals surface area contributed by atoms with Crippen molar-refractivity contribution in [2.75, 3.05) is 97.3 Å². The number of hydrogen-bond donors (Lipinski definition) is 2. The maximum atomic E-state index is 13.7. The first-order valence-electron chi connectivity index (χ1n) is 20.8. The highest BCUT2D eigenvalue weighted by molar-refractivity contribution is 7.01. The van der Waals surface area contributed by atoms with E-state index < -0.39 is 25.7 Å². The molecule has 59 heavy (non-hydrogen) atoms.